The van der Waals surface area contributed by atoms with Gasteiger partial charge in [-0.2, -0.15) is 0 Å². The SMILES string of the molecule is C[C@@]1(c2cc(Nc3cccc4cc(OCCF)cnc34)ccc2F)COCC(N)=N1.Cl. The van der Waals surface area contributed by atoms with Crippen molar-refractivity contribution >= 4 is 40.5 Å². The molecule has 6 nitrogen and oxygen atoms in total. The first-order valence-electron chi connectivity index (χ1n) is 9.55. The van der Waals surface area contributed by atoms with Gasteiger partial charge in [0, 0.05) is 16.6 Å². The zero-order chi connectivity index (χ0) is 21.1. The van der Waals surface area contributed by atoms with E-state index < -0.39 is 12.2 Å². The van der Waals surface area contributed by atoms with Crippen LogP contribution < -0.4 is 15.8 Å². The maximum Gasteiger partial charge on any atom is 0.138 e. The van der Waals surface area contributed by atoms with E-state index in [4.69, 9.17) is 15.2 Å². The second-order valence-corrected chi connectivity index (χ2v) is 7.28. The van der Waals surface area contributed by atoms with Crippen LogP contribution >= 0.6 is 12.4 Å². The third kappa shape index (κ3) is 4.86. The Labute approximate surface area is 184 Å². The van der Waals surface area contributed by atoms with Crippen molar-refractivity contribution in [3.63, 3.8) is 0 Å². The van der Waals surface area contributed by atoms with E-state index in [9.17, 15) is 8.78 Å². The highest BCUT2D eigenvalue weighted by atomic mass is 35.5. The third-order valence-electron chi connectivity index (χ3n) is 4.88. The molecule has 0 aliphatic carbocycles. The molecule has 31 heavy (non-hydrogen) atoms. The fraction of sp³-hybridized carbons (Fsp3) is 0.273. The Morgan fingerprint density at radius 2 is 2.10 bits per heavy atom. The normalized spacial score (nSPS) is 18.2. The minimum Gasteiger partial charge on any atom is -0.489 e. The Morgan fingerprint density at radius 3 is 2.87 bits per heavy atom. The van der Waals surface area contributed by atoms with Gasteiger partial charge in [-0.1, -0.05) is 12.1 Å². The summed E-state index contributed by atoms with van der Waals surface area (Å²) in [6.45, 7) is 1.70. The molecular formula is C22H23ClF2N4O2. The van der Waals surface area contributed by atoms with Gasteiger partial charge in [-0.25, -0.2) is 8.78 Å². The number of alkyl halides is 1. The van der Waals surface area contributed by atoms with Gasteiger partial charge in [-0.3, -0.25) is 9.98 Å². The number of para-hydroxylation sites is 1. The van der Waals surface area contributed by atoms with Crippen LogP contribution in [-0.4, -0.2) is 37.3 Å². The number of amidine groups is 1. The summed E-state index contributed by atoms with van der Waals surface area (Å²) in [6, 6.07) is 12.2. The molecule has 1 aliphatic rings. The highest BCUT2D eigenvalue weighted by molar-refractivity contribution is 5.92. The molecule has 2 heterocycles. The van der Waals surface area contributed by atoms with Crippen LogP contribution in [0.3, 0.4) is 0 Å². The van der Waals surface area contributed by atoms with Crippen molar-refractivity contribution in [1.82, 2.24) is 4.98 Å². The van der Waals surface area contributed by atoms with E-state index in [0.29, 0.717) is 28.4 Å². The van der Waals surface area contributed by atoms with Gasteiger partial charge >= 0.3 is 0 Å². The summed E-state index contributed by atoms with van der Waals surface area (Å²) in [5, 5.41) is 4.13. The third-order valence-corrected chi connectivity index (χ3v) is 4.88. The number of benzene rings is 2. The van der Waals surface area contributed by atoms with Gasteiger partial charge in [0.25, 0.3) is 0 Å². The van der Waals surface area contributed by atoms with Crippen LogP contribution in [0.1, 0.15) is 12.5 Å². The summed E-state index contributed by atoms with van der Waals surface area (Å²) in [5.41, 5.74) is 7.45. The summed E-state index contributed by atoms with van der Waals surface area (Å²) in [4.78, 5) is 8.87. The summed E-state index contributed by atoms with van der Waals surface area (Å²) < 4.78 is 37.7. The lowest BCUT2D eigenvalue weighted by Crippen LogP contribution is -2.38. The second-order valence-electron chi connectivity index (χ2n) is 7.28. The van der Waals surface area contributed by atoms with E-state index in [1.807, 2.05) is 18.2 Å². The Hall–Kier alpha value is -2.97. The lowest BCUT2D eigenvalue weighted by Gasteiger charge is -2.30. The number of hydrogen-bond acceptors (Lipinski definition) is 6. The molecule has 1 atom stereocenters. The standard InChI is InChI=1S/C22H22F2N4O2.ClH/c1-22(13-29-12-20(25)28-22)17-10-15(5-6-18(17)24)27-19-4-2-3-14-9-16(30-8-7-23)11-26-21(14)19;/h2-6,9-11,27H,7-8,12-13H2,1H3,(H2,25,28);1H/t22-;/m0./s1. The van der Waals surface area contributed by atoms with E-state index in [1.165, 1.54) is 6.07 Å². The number of fused-ring (bicyclic) bond motifs is 1. The summed E-state index contributed by atoms with van der Waals surface area (Å²) in [6.07, 6.45) is 1.55. The Morgan fingerprint density at radius 1 is 1.26 bits per heavy atom. The van der Waals surface area contributed by atoms with Gasteiger partial charge in [-0.15, -0.1) is 12.4 Å². The molecule has 3 aromatic rings. The molecule has 0 spiro atoms. The molecule has 0 saturated heterocycles. The lowest BCUT2D eigenvalue weighted by atomic mass is 9.91. The molecule has 1 aromatic heterocycles. The van der Waals surface area contributed by atoms with Crippen LogP contribution in [0.4, 0.5) is 20.2 Å². The largest absolute Gasteiger partial charge is 0.489 e. The number of rotatable bonds is 6. The van der Waals surface area contributed by atoms with Gasteiger partial charge in [0.2, 0.25) is 0 Å². The van der Waals surface area contributed by atoms with Crippen LogP contribution in [0.5, 0.6) is 5.75 Å². The van der Waals surface area contributed by atoms with E-state index in [1.54, 1.807) is 31.3 Å². The molecule has 3 N–H and O–H groups in total. The monoisotopic (exact) mass is 448 g/mol. The second kappa shape index (κ2) is 9.45. The van der Waals surface area contributed by atoms with E-state index >= 15 is 0 Å². The molecule has 0 saturated carbocycles. The highest BCUT2D eigenvalue weighted by Crippen LogP contribution is 2.34. The average Bonchev–Trinajstić information content (AvgIpc) is 2.73. The number of halogens is 3. The summed E-state index contributed by atoms with van der Waals surface area (Å²) in [5.74, 6) is 0.461. The number of pyridine rings is 1. The number of anilines is 2. The van der Waals surface area contributed by atoms with Crippen LogP contribution in [0, 0.1) is 5.82 Å². The number of aromatic nitrogens is 1. The number of aliphatic imine (C=N–C) groups is 1. The smallest absolute Gasteiger partial charge is 0.138 e. The number of nitrogens with one attached hydrogen (secondary N) is 1. The lowest BCUT2D eigenvalue weighted by molar-refractivity contribution is 0.104. The molecule has 0 fully saturated rings. The van der Waals surface area contributed by atoms with E-state index in [0.717, 1.165) is 11.1 Å². The zero-order valence-corrected chi connectivity index (χ0v) is 17.7. The van der Waals surface area contributed by atoms with Crippen molar-refractivity contribution in [2.24, 2.45) is 10.7 Å². The van der Waals surface area contributed by atoms with Crippen molar-refractivity contribution in [3.8, 4) is 5.75 Å². The fourth-order valence-electron chi connectivity index (χ4n) is 3.52. The minimum absolute atomic E-state index is 0. The van der Waals surface area contributed by atoms with Crippen molar-refractivity contribution < 1.29 is 18.3 Å². The first-order chi connectivity index (χ1) is 14.5. The van der Waals surface area contributed by atoms with Crippen molar-refractivity contribution in [3.05, 3.63) is 60.0 Å². The van der Waals surface area contributed by atoms with Gasteiger partial charge in [0.05, 0.1) is 24.0 Å². The van der Waals surface area contributed by atoms with E-state index in [2.05, 4.69) is 15.3 Å². The van der Waals surface area contributed by atoms with Crippen LogP contribution in [0.15, 0.2) is 53.7 Å². The zero-order valence-electron chi connectivity index (χ0n) is 16.9. The predicted molar refractivity (Wildman–Crippen MR) is 120 cm³/mol. The van der Waals surface area contributed by atoms with Gasteiger partial charge in [0.15, 0.2) is 0 Å². The van der Waals surface area contributed by atoms with Crippen LogP contribution in [0.25, 0.3) is 10.9 Å². The number of hydrogen-bond donors (Lipinski definition) is 2. The highest BCUT2D eigenvalue weighted by Gasteiger charge is 2.32. The molecule has 0 bridgehead atoms. The van der Waals surface area contributed by atoms with Crippen LogP contribution in [0.2, 0.25) is 0 Å². The molecule has 1 aliphatic heterocycles. The van der Waals surface area contributed by atoms with Gasteiger partial charge in [-0.05, 0) is 37.3 Å². The molecule has 4 rings (SSSR count). The van der Waals surface area contributed by atoms with Crippen molar-refractivity contribution in [1.29, 1.82) is 0 Å². The molecule has 9 heteroatoms. The molecule has 0 radical (unpaired) electrons. The maximum atomic E-state index is 14.6. The molecule has 0 unspecified atom stereocenters. The average molecular weight is 449 g/mol. The topological polar surface area (TPSA) is 81.8 Å². The minimum atomic E-state index is -0.899. The predicted octanol–water partition coefficient (Wildman–Crippen LogP) is 4.49. The first-order valence-corrected chi connectivity index (χ1v) is 9.55. The fourth-order valence-corrected chi connectivity index (χ4v) is 3.52. The van der Waals surface area contributed by atoms with Crippen molar-refractivity contribution in [2.75, 3.05) is 31.8 Å². The summed E-state index contributed by atoms with van der Waals surface area (Å²) >= 11 is 0. The number of ether oxygens (including phenoxy) is 2. The summed E-state index contributed by atoms with van der Waals surface area (Å²) in [7, 11) is 0. The number of nitrogens with zero attached hydrogens (tertiary/aromatic N) is 2. The quantitative estimate of drug-likeness (QED) is 0.580. The maximum absolute atomic E-state index is 14.6. The first kappa shape index (κ1) is 22.7. The van der Waals surface area contributed by atoms with E-state index in [-0.39, 0.29) is 38.0 Å². The van der Waals surface area contributed by atoms with Crippen molar-refractivity contribution in [2.45, 2.75) is 12.5 Å². The Balaban J connectivity index is 0.00000272. The Bertz CT molecular complexity index is 1110. The molecule has 164 valence electrons. The Kier molecular flexibility index (Phi) is 6.92. The van der Waals surface area contributed by atoms with Gasteiger partial charge < -0.3 is 20.5 Å². The molecule has 0 amide bonds. The molecular weight excluding hydrogens is 426 g/mol. The van der Waals surface area contributed by atoms with Gasteiger partial charge in [0.1, 0.15) is 42.8 Å². The van der Waals surface area contributed by atoms with Crippen LogP contribution in [-0.2, 0) is 10.3 Å². The number of nitrogens with two attached hydrogens (primary N) is 1. The molecule has 2 aromatic carbocycles.